The molecule has 0 spiro atoms. The smallest absolute Gasteiger partial charge is 0.118 e. The van der Waals surface area contributed by atoms with Crippen LogP contribution < -0.4 is 10.2 Å². The van der Waals surface area contributed by atoms with Crippen molar-refractivity contribution in [1.29, 1.82) is 0 Å². The summed E-state index contributed by atoms with van der Waals surface area (Å²) in [5.74, 6) is 0.798. The number of aromatic nitrogens is 2. The number of hydrogen-bond acceptors (Lipinski definition) is 4. The first kappa shape index (κ1) is 18.8. The lowest BCUT2D eigenvalue weighted by Crippen LogP contribution is -1.94. The Morgan fingerprint density at radius 1 is 0.966 bits per heavy atom. The molecule has 5 nitrogen and oxygen atoms in total. The van der Waals surface area contributed by atoms with Gasteiger partial charge in [-0.1, -0.05) is 41.9 Å². The fraction of sp³-hybridized carbons (Fsp3) is 0.0435. The van der Waals surface area contributed by atoms with E-state index in [0.29, 0.717) is 5.02 Å². The first-order valence-electron chi connectivity index (χ1n) is 9.08. The fourth-order valence-electron chi connectivity index (χ4n) is 2.89. The van der Waals surface area contributed by atoms with Gasteiger partial charge in [0.05, 0.1) is 29.7 Å². The summed E-state index contributed by atoms with van der Waals surface area (Å²) in [6, 6.07) is 25.2. The van der Waals surface area contributed by atoms with E-state index in [-0.39, 0.29) is 0 Å². The Bertz CT molecular complexity index is 1120. The van der Waals surface area contributed by atoms with Crippen LogP contribution in [0, 0.1) is 0 Å². The normalized spacial score (nSPS) is 11.0. The number of hydrazone groups is 1. The van der Waals surface area contributed by atoms with E-state index < -0.39 is 0 Å². The molecule has 0 atom stereocenters. The molecule has 0 fully saturated rings. The highest BCUT2D eigenvalue weighted by molar-refractivity contribution is 6.33. The van der Waals surface area contributed by atoms with E-state index in [9.17, 15) is 0 Å². The number of methoxy groups -OCH3 is 1. The van der Waals surface area contributed by atoms with Gasteiger partial charge < -0.3 is 4.74 Å². The van der Waals surface area contributed by atoms with Crippen LogP contribution in [-0.4, -0.2) is 23.1 Å². The van der Waals surface area contributed by atoms with Crippen molar-refractivity contribution < 1.29 is 4.74 Å². The van der Waals surface area contributed by atoms with Gasteiger partial charge in [-0.15, -0.1) is 0 Å². The van der Waals surface area contributed by atoms with Gasteiger partial charge in [0, 0.05) is 17.3 Å². The number of hydrogen-bond donors (Lipinski definition) is 1. The summed E-state index contributed by atoms with van der Waals surface area (Å²) < 4.78 is 7.10. The van der Waals surface area contributed by atoms with E-state index in [1.54, 1.807) is 13.3 Å². The van der Waals surface area contributed by atoms with Gasteiger partial charge in [-0.05, 0) is 48.5 Å². The molecule has 1 aromatic heterocycles. The number of benzene rings is 3. The van der Waals surface area contributed by atoms with Crippen LogP contribution in [0.25, 0.3) is 16.9 Å². The van der Waals surface area contributed by atoms with Crippen LogP contribution in [0.5, 0.6) is 5.75 Å². The van der Waals surface area contributed by atoms with Crippen LogP contribution in [0.3, 0.4) is 0 Å². The number of nitrogens with zero attached hydrogens (tertiary/aromatic N) is 3. The lowest BCUT2D eigenvalue weighted by molar-refractivity contribution is 0.415. The minimum Gasteiger partial charge on any atom is -0.497 e. The Morgan fingerprint density at radius 2 is 1.69 bits per heavy atom. The highest BCUT2D eigenvalue weighted by Gasteiger charge is 2.11. The zero-order valence-electron chi connectivity index (χ0n) is 15.8. The van der Waals surface area contributed by atoms with Crippen molar-refractivity contribution in [2.45, 2.75) is 0 Å². The molecule has 0 amide bonds. The second kappa shape index (κ2) is 8.63. The van der Waals surface area contributed by atoms with E-state index in [1.807, 2.05) is 89.7 Å². The number of rotatable bonds is 6. The Hall–Kier alpha value is -3.57. The Morgan fingerprint density at radius 3 is 2.41 bits per heavy atom. The zero-order chi connectivity index (χ0) is 20.1. The third kappa shape index (κ3) is 4.31. The first-order valence-corrected chi connectivity index (χ1v) is 9.45. The number of anilines is 1. The monoisotopic (exact) mass is 402 g/mol. The number of nitrogens with one attached hydrogen (secondary N) is 1. The van der Waals surface area contributed by atoms with E-state index in [0.717, 1.165) is 33.9 Å². The van der Waals surface area contributed by atoms with Crippen molar-refractivity contribution in [3.8, 4) is 22.7 Å². The highest BCUT2D eigenvalue weighted by atomic mass is 35.5. The largest absolute Gasteiger partial charge is 0.497 e. The third-order valence-electron chi connectivity index (χ3n) is 4.39. The summed E-state index contributed by atoms with van der Waals surface area (Å²) in [5.41, 5.74) is 7.37. The third-order valence-corrected chi connectivity index (χ3v) is 4.72. The van der Waals surface area contributed by atoms with Gasteiger partial charge >= 0.3 is 0 Å². The Balaban J connectivity index is 1.69. The molecule has 4 aromatic rings. The SMILES string of the molecule is COc1ccc(-c2nn(-c3ccccc3)cc2C=NNc2ccccc2Cl)cc1. The lowest BCUT2D eigenvalue weighted by Gasteiger charge is -2.03. The van der Waals surface area contributed by atoms with Gasteiger partial charge in [0.2, 0.25) is 0 Å². The van der Waals surface area contributed by atoms with Crippen LogP contribution in [0.1, 0.15) is 5.56 Å². The maximum Gasteiger partial charge on any atom is 0.118 e. The highest BCUT2D eigenvalue weighted by Crippen LogP contribution is 2.25. The zero-order valence-corrected chi connectivity index (χ0v) is 16.5. The van der Waals surface area contributed by atoms with Gasteiger partial charge in [0.1, 0.15) is 11.4 Å². The molecule has 0 bridgehead atoms. The number of halogens is 1. The summed E-state index contributed by atoms with van der Waals surface area (Å²) in [4.78, 5) is 0. The van der Waals surface area contributed by atoms with Crippen molar-refractivity contribution in [1.82, 2.24) is 9.78 Å². The Kier molecular flexibility index (Phi) is 5.59. The average molecular weight is 403 g/mol. The minimum absolute atomic E-state index is 0.611. The molecule has 0 aliphatic heterocycles. The lowest BCUT2D eigenvalue weighted by atomic mass is 10.1. The van der Waals surface area contributed by atoms with Crippen molar-refractivity contribution in [2.24, 2.45) is 5.10 Å². The molecule has 6 heteroatoms. The second-order valence-electron chi connectivity index (χ2n) is 6.29. The molecule has 0 radical (unpaired) electrons. The van der Waals surface area contributed by atoms with Crippen molar-refractivity contribution >= 4 is 23.5 Å². The molecule has 1 N–H and O–H groups in total. The summed E-state index contributed by atoms with van der Waals surface area (Å²) in [5, 5.41) is 9.75. The van der Waals surface area contributed by atoms with Gasteiger partial charge in [-0.25, -0.2) is 4.68 Å². The first-order chi connectivity index (χ1) is 14.2. The summed E-state index contributed by atoms with van der Waals surface area (Å²) in [6.45, 7) is 0. The molecule has 144 valence electrons. The molecule has 0 saturated carbocycles. The van der Waals surface area contributed by atoms with E-state index in [4.69, 9.17) is 21.4 Å². The molecule has 1 heterocycles. The van der Waals surface area contributed by atoms with Crippen LogP contribution in [-0.2, 0) is 0 Å². The van der Waals surface area contributed by atoms with Gasteiger partial charge in [-0.3, -0.25) is 5.43 Å². The van der Waals surface area contributed by atoms with E-state index in [1.165, 1.54) is 0 Å². The quantitative estimate of drug-likeness (QED) is 0.335. The summed E-state index contributed by atoms with van der Waals surface area (Å²) >= 11 is 6.18. The van der Waals surface area contributed by atoms with Gasteiger partial charge in [-0.2, -0.15) is 10.2 Å². The summed E-state index contributed by atoms with van der Waals surface area (Å²) in [6.07, 6.45) is 3.70. The fourth-order valence-corrected chi connectivity index (χ4v) is 3.07. The Labute approximate surface area is 174 Å². The molecule has 0 saturated heterocycles. The molecule has 3 aromatic carbocycles. The number of para-hydroxylation sites is 2. The molecule has 0 aliphatic carbocycles. The topological polar surface area (TPSA) is 51.4 Å². The van der Waals surface area contributed by atoms with E-state index >= 15 is 0 Å². The van der Waals surface area contributed by atoms with Crippen molar-refractivity contribution in [3.05, 3.63) is 95.6 Å². The molecular weight excluding hydrogens is 384 g/mol. The average Bonchev–Trinajstić information content (AvgIpc) is 3.20. The van der Waals surface area contributed by atoms with Crippen LogP contribution >= 0.6 is 11.6 Å². The molecule has 0 unspecified atom stereocenters. The van der Waals surface area contributed by atoms with Crippen LogP contribution in [0.2, 0.25) is 5.02 Å². The minimum atomic E-state index is 0.611. The van der Waals surface area contributed by atoms with E-state index in [2.05, 4.69) is 10.5 Å². The summed E-state index contributed by atoms with van der Waals surface area (Å²) in [7, 11) is 1.65. The molecule has 0 aliphatic rings. The molecule has 4 rings (SSSR count). The van der Waals surface area contributed by atoms with Crippen LogP contribution in [0.4, 0.5) is 5.69 Å². The molecular formula is C23H19ClN4O. The second-order valence-corrected chi connectivity index (χ2v) is 6.70. The maximum atomic E-state index is 6.18. The van der Waals surface area contributed by atoms with Gasteiger partial charge in [0.15, 0.2) is 0 Å². The maximum absolute atomic E-state index is 6.18. The van der Waals surface area contributed by atoms with Crippen molar-refractivity contribution in [3.63, 3.8) is 0 Å². The number of ether oxygens (including phenoxy) is 1. The van der Waals surface area contributed by atoms with Crippen LogP contribution in [0.15, 0.2) is 90.2 Å². The predicted molar refractivity (Wildman–Crippen MR) is 118 cm³/mol. The standard InChI is InChI=1S/C23H19ClN4O/c1-29-20-13-11-17(12-14-20)23-18(15-25-26-22-10-6-5-9-21(22)24)16-28(27-23)19-7-3-2-4-8-19/h2-16,26H,1H3. The predicted octanol–water partition coefficient (Wildman–Crippen LogP) is 5.65. The molecule has 29 heavy (non-hydrogen) atoms. The van der Waals surface area contributed by atoms with Crippen molar-refractivity contribution in [2.75, 3.05) is 12.5 Å². The van der Waals surface area contributed by atoms with Gasteiger partial charge in [0.25, 0.3) is 0 Å².